The topological polar surface area (TPSA) is 65.8 Å². The van der Waals surface area contributed by atoms with Crippen molar-refractivity contribution in [3.8, 4) is 0 Å². The summed E-state index contributed by atoms with van der Waals surface area (Å²) in [6.07, 6.45) is -3.08. The number of nitrogens with zero attached hydrogens (tertiary/aromatic N) is 2. The lowest BCUT2D eigenvalue weighted by molar-refractivity contribution is -0.137. The van der Waals surface area contributed by atoms with Crippen LogP contribution in [-0.2, 0) is 11.0 Å². The zero-order valence-corrected chi connectivity index (χ0v) is 16.1. The highest BCUT2D eigenvalue weighted by Gasteiger charge is 2.31. The number of benzene rings is 1. The van der Waals surface area contributed by atoms with Gasteiger partial charge in [-0.25, -0.2) is 0 Å². The van der Waals surface area contributed by atoms with Gasteiger partial charge in [0, 0.05) is 26.2 Å². The predicted octanol–water partition coefficient (Wildman–Crippen LogP) is 3.39. The number of Topliss-reactive ketones (excluding diaryl/α,β-unsaturated/α-hetero) is 1. The molecule has 0 unspecified atom stereocenters. The van der Waals surface area contributed by atoms with Crippen molar-refractivity contribution in [1.82, 2.24) is 9.80 Å². The van der Waals surface area contributed by atoms with Crippen LogP contribution in [0.15, 0.2) is 41.0 Å². The number of nitrogens with one attached hydrogen (secondary N) is 1. The molecule has 156 valence electrons. The first-order valence-corrected chi connectivity index (χ1v) is 9.28. The van der Waals surface area contributed by atoms with Crippen LogP contribution in [0.2, 0.25) is 5.02 Å². The van der Waals surface area contributed by atoms with E-state index in [4.69, 9.17) is 16.0 Å². The van der Waals surface area contributed by atoms with Crippen molar-refractivity contribution in [2.24, 2.45) is 0 Å². The maximum atomic E-state index is 12.8. The third kappa shape index (κ3) is 5.81. The SMILES string of the molecule is O=C(CN1CCN(CC(=O)c2ccco2)CC1)Nc1cc(C(F)(F)F)ccc1Cl. The Balaban J connectivity index is 1.48. The van der Waals surface area contributed by atoms with Gasteiger partial charge in [-0.1, -0.05) is 11.6 Å². The molecule has 1 aromatic carbocycles. The van der Waals surface area contributed by atoms with Gasteiger partial charge in [0.05, 0.1) is 35.6 Å². The van der Waals surface area contributed by atoms with Crippen molar-refractivity contribution in [1.29, 1.82) is 0 Å². The normalized spacial score (nSPS) is 16.0. The molecule has 1 N–H and O–H groups in total. The van der Waals surface area contributed by atoms with Crippen molar-refractivity contribution in [2.75, 3.05) is 44.6 Å². The Morgan fingerprint density at radius 1 is 1.07 bits per heavy atom. The minimum Gasteiger partial charge on any atom is -0.461 e. The quantitative estimate of drug-likeness (QED) is 0.713. The molecule has 1 aliphatic heterocycles. The maximum absolute atomic E-state index is 12.8. The molecule has 0 saturated carbocycles. The van der Waals surface area contributed by atoms with Gasteiger partial charge in [0.15, 0.2) is 5.76 Å². The van der Waals surface area contributed by atoms with Gasteiger partial charge in [0.2, 0.25) is 11.7 Å². The fraction of sp³-hybridized carbons (Fsp3) is 0.368. The zero-order chi connectivity index (χ0) is 21.0. The molecular weight excluding hydrogens is 411 g/mol. The van der Waals surface area contributed by atoms with Crippen LogP contribution in [0.25, 0.3) is 0 Å². The summed E-state index contributed by atoms with van der Waals surface area (Å²) in [4.78, 5) is 28.1. The smallest absolute Gasteiger partial charge is 0.416 e. The van der Waals surface area contributed by atoms with E-state index in [1.165, 1.54) is 6.26 Å². The van der Waals surface area contributed by atoms with E-state index in [2.05, 4.69) is 5.32 Å². The van der Waals surface area contributed by atoms with Gasteiger partial charge in [-0.05, 0) is 30.3 Å². The van der Waals surface area contributed by atoms with Crippen LogP contribution in [0.5, 0.6) is 0 Å². The lowest BCUT2D eigenvalue weighted by Gasteiger charge is -2.33. The molecule has 0 radical (unpaired) electrons. The summed E-state index contributed by atoms with van der Waals surface area (Å²) in [6, 6.07) is 6.05. The molecule has 1 fully saturated rings. The number of rotatable bonds is 6. The summed E-state index contributed by atoms with van der Waals surface area (Å²) < 4.78 is 43.6. The number of hydrogen-bond acceptors (Lipinski definition) is 5. The number of amides is 1. The van der Waals surface area contributed by atoms with Gasteiger partial charge in [0.25, 0.3) is 0 Å². The monoisotopic (exact) mass is 429 g/mol. The summed E-state index contributed by atoms with van der Waals surface area (Å²) in [6.45, 7) is 2.53. The van der Waals surface area contributed by atoms with Crippen LogP contribution >= 0.6 is 11.6 Å². The van der Waals surface area contributed by atoms with Crippen molar-refractivity contribution < 1.29 is 27.2 Å². The van der Waals surface area contributed by atoms with Crippen LogP contribution in [0.4, 0.5) is 18.9 Å². The Labute approximate surface area is 170 Å². The molecule has 2 aromatic rings. The molecule has 0 spiro atoms. The van der Waals surface area contributed by atoms with Crippen LogP contribution < -0.4 is 5.32 Å². The number of anilines is 1. The second-order valence-electron chi connectivity index (χ2n) is 6.69. The molecule has 3 rings (SSSR count). The second-order valence-corrected chi connectivity index (χ2v) is 7.10. The number of carbonyl (C=O) groups excluding carboxylic acids is 2. The summed E-state index contributed by atoms with van der Waals surface area (Å²) in [7, 11) is 0. The summed E-state index contributed by atoms with van der Waals surface area (Å²) in [5.41, 5.74) is -0.957. The second kappa shape index (κ2) is 8.98. The molecule has 1 amide bonds. The van der Waals surface area contributed by atoms with Gasteiger partial charge in [-0.3, -0.25) is 19.4 Å². The van der Waals surface area contributed by atoms with E-state index in [-0.39, 0.29) is 29.6 Å². The number of hydrogen-bond donors (Lipinski definition) is 1. The zero-order valence-electron chi connectivity index (χ0n) is 15.3. The molecule has 1 aromatic heterocycles. The minimum absolute atomic E-state index is 0.0204. The molecule has 0 aliphatic carbocycles. The van der Waals surface area contributed by atoms with Gasteiger partial charge in [-0.2, -0.15) is 13.2 Å². The van der Waals surface area contributed by atoms with E-state index in [9.17, 15) is 22.8 Å². The van der Waals surface area contributed by atoms with Crippen LogP contribution in [0, 0.1) is 0 Å². The van der Waals surface area contributed by atoms with E-state index < -0.39 is 17.6 Å². The highest BCUT2D eigenvalue weighted by atomic mass is 35.5. The molecule has 1 aliphatic rings. The van der Waals surface area contributed by atoms with Gasteiger partial charge in [0.1, 0.15) is 0 Å². The predicted molar refractivity (Wildman–Crippen MR) is 101 cm³/mol. The van der Waals surface area contributed by atoms with Crippen molar-refractivity contribution in [3.05, 3.63) is 52.9 Å². The largest absolute Gasteiger partial charge is 0.461 e. The van der Waals surface area contributed by atoms with Crippen LogP contribution in [0.1, 0.15) is 16.1 Å². The summed E-state index contributed by atoms with van der Waals surface area (Å²) in [5, 5.41) is 2.47. The Morgan fingerprint density at radius 2 is 1.72 bits per heavy atom. The van der Waals surface area contributed by atoms with E-state index >= 15 is 0 Å². The molecule has 6 nitrogen and oxygen atoms in total. The first-order valence-electron chi connectivity index (χ1n) is 8.90. The molecule has 10 heteroatoms. The number of carbonyl (C=O) groups is 2. The van der Waals surface area contributed by atoms with E-state index in [1.807, 2.05) is 9.80 Å². The van der Waals surface area contributed by atoms with Crippen molar-refractivity contribution >= 4 is 29.0 Å². The Bertz CT molecular complexity index is 863. The average molecular weight is 430 g/mol. The van der Waals surface area contributed by atoms with E-state index in [0.29, 0.717) is 31.9 Å². The Kier molecular flexibility index (Phi) is 6.61. The Morgan fingerprint density at radius 3 is 2.31 bits per heavy atom. The highest BCUT2D eigenvalue weighted by molar-refractivity contribution is 6.33. The first-order chi connectivity index (χ1) is 13.7. The number of piperazine rings is 1. The number of furan rings is 1. The lowest BCUT2D eigenvalue weighted by atomic mass is 10.2. The summed E-state index contributed by atoms with van der Waals surface area (Å²) in [5.74, 6) is -0.253. The third-order valence-electron chi connectivity index (χ3n) is 4.56. The maximum Gasteiger partial charge on any atom is 0.416 e. The molecule has 0 atom stereocenters. The standard InChI is InChI=1S/C19H19ClF3N3O3/c20-14-4-3-13(19(21,22)23)10-15(14)24-18(28)12-26-7-5-25(6-8-26)11-16(27)17-2-1-9-29-17/h1-4,9-10H,5-8,11-12H2,(H,24,28). The van der Waals surface area contributed by atoms with Crippen molar-refractivity contribution in [3.63, 3.8) is 0 Å². The average Bonchev–Trinajstić information content (AvgIpc) is 3.19. The number of alkyl halides is 3. The first kappa shape index (κ1) is 21.4. The summed E-state index contributed by atoms with van der Waals surface area (Å²) >= 11 is 5.90. The molecule has 2 heterocycles. The third-order valence-corrected chi connectivity index (χ3v) is 4.89. The Hall–Kier alpha value is -2.36. The number of halogens is 4. The van der Waals surface area contributed by atoms with E-state index in [0.717, 1.165) is 18.2 Å². The van der Waals surface area contributed by atoms with Crippen LogP contribution in [-0.4, -0.2) is 60.8 Å². The van der Waals surface area contributed by atoms with Gasteiger partial charge < -0.3 is 9.73 Å². The lowest BCUT2D eigenvalue weighted by Crippen LogP contribution is -2.49. The minimum atomic E-state index is -4.52. The molecule has 29 heavy (non-hydrogen) atoms. The molecular formula is C19H19ClF3N3O3. The molecule has 0 bridgehead atoms. The number of ketones is 1. The van der Waals surface area contributed by atoms with Gasteiger partial charge >= 0.3 is 6.18 Å². The van der Waals surface area contributed by atoms with Crippen molar-refractivity contribution in [2.45, 2.75) is 6.18 Å². The highest BCUT2D eigenvalue weighted by Crippen LogP contribution is 2.33. The van der Waals surface area contributed by atoms with Crippen LogP contribution in [0.3, 0.4) is 0 Å². The fourth-order valence-electron chi connectivity index (χ4n) is 3.01. The van der Waals surface area contributed by atoms with E-state index in [1.54, 1.807) is 12.1 Å². The molecule has 1 saturated heterocycles. The van der Waals surface area contributed by atoms with Gasteiger partial charge in [-0.15, -0.1) is 0 Å². The fourth-order valence-corrected chi connectivity index (χ4v) is 3.18.